The number of thiophene rings is 1. The van der Waals surface area contributed by atoms with Gasteiger partial charge in [-0.15, -0.1) is 21.5 Å². The van der Waals surface area contributed by atoms with Gasteiger partial charge in [-0.2, -0.15) is 0 Å². The first-order valence-electron chi connectivity index (χ1n) is 6.28. The van der Waals surface area contributed by atoms with E-state index in [-0.39, 0.29) is 11.8 Å². The number of carboxylic acids is 1. The van der Waals surface area contributed by atoms with Crippen LogP contribution in [0.1, 0.15) is 29.3 Å². The highest BCUT2D eigenvalue weighted by atomic mass is 32.2. The maximum atomic E-state index is 10.7. The molecular formula is C12H14N4O2S2. The number of rotatable bonds is 4. The molecule has 0 aromatic carbocycles. The average Bonchev–Trinajstić information content (AvgIpc) is 3.02. The molecule has 8 heteroatoms. The molecule has 0 saturated heterocycles. The van der Waals surface area contributed by atoms with Gasteiger partial charge in [0.05, 0.1) is 11.8 Å². The number of carboxylic acid groups (broad SMARTS) is 1. The molecule has 1 unspecified atom stereocenters. The molecule has 2 aromatic heterocycles. The van der Waals surface area contributed by atoms with E-state index in [0.29, 0.717) is 11.1 Å². The molecular weight excluding hydrogens is 296 g/mol. The smallest absolute Gasteiger partial charge is 0.313 e. The predicted molar refractivity (Wildman–Crippen MR) is 78.2 cm³/mol. The fraction of sp³-hybridized carbons (Fsp3) is 0.417. The Kier molecular flexibility index (Phi) is 3.66. The van der Waals surface area contributed by atoms with Gasteiger partial charge in [0, 0.05) is 4.88 Å². The Balaban J connectivity index is 1.95. The lowest BCUT2D eigenvalue weighted by Crippen LogP contribution is -2.18. The summed E-state index contributed by atoms with van der Waals surface area (Å²) in [6.07, 6.45) is 3.18. The van der Waals surface area contributed by atoms with Gasteiger partial charge < -0.3 is 10.8 Å². The van der Waals surface area contributed by atoms with Gasteiger partial charge in [-0.1, -0.05) is 11.8 Å². The Morgan fingerprint density at radius 3 is 3.25 bits per heavy atom. The molecule has 0 aliphatic heterocycles. The molecule has 3 rings (SSSR count). The number of aromatic nitrogens is 3. The third-order valence-corrected chi connectivity index (χ3v) is 5.27. The van der Waals surface area contributed by atoms with E-state index in [1.54, 1.807) is 11.3 Å². The first-order valence-corrected chi connectivity index (χ1v) is 8.14. The molecule has 1 aliphatic carbocycles. The average molecular weight is 310 g/mol. The molecule has 0 bridgehead atoms. The van der Waals surface area contributed by atoms with E-state index in [0.717, 1.165) is 31.0 Å². The third kappa shape index (κ3) is 2.40. The molecule has 3 N–H and O–H groups in total. The van der Waals surface area contributed by atoms with E-state index >= 15 is 0 Å². The summed E-state index contributed by atoms with van der Waals surface area (Å²) in [4.78, 5) is 12.1. The quantitative estimate of drug-likeness (QED) is 0.839. The van der Waals surface area contributed by atoms with E-state index in [4.69, 9.17) is 10.8 Å². The Morgan fingerprint density at radius 1 is 1.60 bits per heavy atom. The maximum Gasteiger partial charge on any atom is 0.313 e. The van der Waals surface area contributed by atoms with Crippen molar-refractivity contribution in [3.8, 4) is 0 Å². The van der Waals surface area contributed by atoms with Crippen LogP contribution in [0.2, 0.25) is 0 Å². The van der Waals surface area contributed by atoms with Crippen LogP contribution in [0.4, 0.5) is 5.95 Å². The number of nitrogen functional groups attached to an aromatic ring is 1. The highest BCUT2D eigenvalue weighted by Crippen LogP contribution is 2.38. The van der Waals surface area contributed by atoms with Crippen LogP contribution in [0.5, 0.6) is 0 Å². The molecule has 0 radical (unpaired) electrons. The summed E-state index contributed by atoms with van der Waals surface area (Å²) in [5.41, 5.74) is 7.20. The number of anilines is 1. The lowest BCUT2D eigenvalue weighted by Gasteiger charge is -2.25. The molecule has 20 heavy (non-hydrogen) atoms. The summed E-state index contributed by atoms with van der Waals surface area (Å²) in [7, 11) is 0. The zero-order chi connectivity index (χ0) is 14.1. The molecule has 106 valence electrons. The summed E-state index contributed by atoms with van der Waals surface area (Å²) in [5, 5.41) is 19.4. The fourth-order valence-corrected chi connectivity index (χ4v) is 4.23. The van der Waals surface area contributed by atoms with Gasteiger partial charge in [0.15, 0.2) is 5.16 Å². The monoisotopic (exact) mass is 310 g/mol. The van der Waals surface area contributed by atoms with Crippen molar-refractivity contribution in [2.24, 2.45) is 0 Å². The zero-order valence-electron chi connectivity index (χ0n) is 10.7. The molecule has 0 fully saturated rings. The molecule has 0 saturated carbocycles. The van der Waals surface area contributed by atoms with Crippen LogP contribution in [0.25, 0.3) is 0 Å². The Morgan fingerprint density at radius 2 is 2.45 bits per heavy atom. The number of carbonyl (C=O) groups is 1. The number of thioether (sulfide) groups is 1. The number of nitrogens with zero attached hydrogens (tertiary/aromatic N) is 3. The second-order valence-electron chi connectivity index (χ2n) is 4.60. The largest absolute Gasteiger partial charge is 0.481 e. The van der Waals surface area contributed by atoms with E-state index in [9.17, 15) is 4.79 Å². The minimum atomic E-state index is -0.872. The van der Waals surface area contributed by atoms with Gasteiger partial charge >= 0.3 is 5.97 Å². The van der Waals surface area contributed by atoms with Gasteiger partial charge in [-0.25, -0.2) is 0 Å². The van der Waals surface area contributed by atoms with Crippen LogP contribution in [0.3, 0.4) is 0 Å². The van der Waals surface area contributed by atoms with Crippen molar-refractivity contribution < 1.29 is 9.90 Å². The van der Waals surface area contributed by atoms with Gasteiger partial charge in [0.1, 0.15) is 0 Å². The van der Waals surface area contributed by atoms with E-state index in [1.807, 2.05) is 4.57 Å². The molecule has 0 amide bonds. The van der Waals surface area contributed by atoms with Crippen molar-refractivity contribution >= 4 is 35.0 Å². The zero-order valence-corrected chi connectivity index (χ0v) is 12.3. The first kappa shape index (κ1) is 13.4. The maximum absolute atomic E-state index is 10.7. The van der Waals surface area contributed by atoms with Crippen LogP contribution in [0.15, 0.2) is 16.6 Å². The van der Waals surface area contributed by atoms with Crippen LogP contribution >= 0.6 is 23.1 Å². The SMILES string of the molecule is Nc1nnc(SCC(=O)O)n1C1CCCc2sccc21. The molecule has 6 nitrogen and oxygen atoms in total. The van der Waals surface area contributed by atoms with Crippen molar-refractivity contribution in [3.63, 3.8) is 0 Å². The highest BCUT2D eigenvalue weighted by Gasteiger charge is 2.27. The molecule has 1 aliphatic rings. The number of aliphatic carboxylic acids is 1. The van der Waals surface area contributed by atoms with Crippen molar-refractivity contribution in [2.75, 3.05) is 11.5 Å². The van der Waals surface area contributed by atoms with Gasteiger partial charge in [0.2, 0.25) is 5.95 Å². The predicted octanol–water partition coefficient (Wildman–Crippen LogP) is 2.02. The molecule has 0 spiro atoms. The van der Waals surface area contributed by atoms with Crippen molar-refractivity contribution in [2.45, 2.75) is 30.5 Å². The summed E-state index contributed by atoms with van der Waals surface area (Å²) in [6, 6.07) is 2.24. The van der Waals surface area contributed by atoms with Gasteiger partial charge in [0.25, 0.3) is 0 Å². The summed E-state index contributed by atoms with van der Waals surface area (Å²) in [6.45, 7) is 0. The van der Waals surface area contributed by atoms with Crippen molar-refractivity contribution in [1.29, 1.82) is 0 Å². The molecule has 1 atom stereocenters. The lowest BCUT2D eigenvalue weighted by molar-refractivity contribution is -0.133. The normalized spacial score (nSPS) is 17.9. The Bertz CT molecular complexity index is 637. The number of hydrogen-bond donors (Lipinski definition) is 2. The molecule has 2 aromatic rings. The topological polar surface area (TPSA) is 94.0 Å². The second-order valence-corrected chi connectivity index (χ2v) is 6.54. The van der Waals surface area contributed by atoms with Crippen LogP contribution in [-0.2, 0) is 11.2 Å². The van der Waals surface area contributed by atoms with Crippen LogP contribution in [-0.4, -0.2) is 31.6 Å². The second kappa shape index (κ2) is 5.45. The fourth-order valence-electron chi connectivity index (χ4n) is 2.54. The van der Waals surface area contributed by atoms with Gasteiger partial charge in [-0.05, 0) is 36.3 Å². The Labute approximate surface area is 124 Å². The number of hydrogen-bond acceptors (Lipinski definition) is 6. The number of aryl methyl sites for hydroxylation is 1. The molecule has 2 heterocycles. The lowest BCUT2D eigenvalue weighted by atomic mass is 9.94. The summed E-state index contributed by atoms with van der Waals surface area (Å²) in [5.74, 6) is -0.564. The van der Waals surface area contributed by atoms with E-state index in [1.165, 1.54) is 10.4 Å². The summed E-state index contributed by atoms with van der Waals surface area (Å²) >= 11 is 2.92. The highest BCUT2D eigenvalue weighted by molar-refractivity contribution is 7.99. The van der Waals surface area contributed by atoms with Gasteiger partial charge in [-0.3, -0.25) is 9.36 Å². The Hall–Kier alpha value is -1.54. The van der Waals surface area contributed by atoms with Crippen LogP contribution < -0.4 is 5.73 Å². The van der Waals surface area contributed by atoms with E-state index < -0.39 is 5.97 Å². The van der Waals surface area contributed by atoms with Crippen molar-refractivity contribution in [1.82, 2.24) is 14.8 Å². The summed E-state index contributed by atoms with van der Waals surface area (Å²) < 4.78 is 1.87. The standard InChI is InChI=1S/C12H14N4O2S2/c13-11-14-15-12(20-6-10(17)18)16(11)8-2-1-3-9-7(8)4-5-19-9/h4-5,8H,1-3,6H2,(H2,13,14)(H,17,18). The minimum Gasteiger partial charge on any atom is -0.481 e. The first-order chi connectivity index (χ1) is 9.66. The van der Waals surface area contributed by atoms with Crippen LogP contribution in [0, 0.1) is 0 Å². The van der Waals surface area contributed by atoms with Crippen molar-refractivity contribution in [3.05, 3.63) is 21.9 Å². The minimum absolute atomic E-state index is 0.0403. The number of fused-ring (bicyclic) bond motifs is 1. The number of nitrogens with two attached hydrogens (primary N) is 1. The van der Waals surface area contributed by atoms with E-state index in [2.05, 4.69) is 21.6 Å². The third-order valence-electron chi connectivity index (χ3n) is 3.35.